The zero-order valence-electron chi connectivity index (χ0n) is 12.7. The van der Waals surface area contributed by atoms with Crippen LogP contribution in [0, 0.1) is 0 Å². The Morgan fingerprint density at radius 1 is 1.25 bits per heavy atom. The predicted molar refractivity (Wildman–Crippen MR) is 73.7 cm³/mol. The Balaban J connectivity index is 2.45. The van der Waals surface area contributed by atoms with Crippen molar-refractivity contribution in [3.05, 3.63) is 0 Å². The normalized spacial score (nSPS) is 30.9. The minimum Gasteiger partial charge on any atom is -0.396 e. The van der Waals surface area contributed by atoms with Gasteiger partial charge in [0.1, 0.15) is 33.0 Å². The van der Waals surface area contributed by atoms with Crippen molar-refractivity contribution in [2.45, 2.75) is 50.2 Å². The summed E-state index contributed by atoms with van der Waals surface area (Å²) in [4.78, 5) is 0. The quantitative estimate of drug-likeness (QED) is 0.478. The van der Waals surface area contributed by atoms with Crippen molar-refractivity contribution in [1.29, 1.82) is 0 Å². The van der Waals surface area contributed by atoms with Crippen LogP contribution in [0.2, 0.25) is 0 Å². The van der Waals surface area contributed by atoms with Crippen LogP contribution in [0.4, 0.5) is 0 Å². The second-order valence-electron chi connectivity index (χ2n) is 5.42. The van der Waals surface area contributed by atoms with E-state index >= 15 is 0 Å². The molecule has 6 nitrogen and oxygen atoms in total. The molecule has 0 aliphatic carbocycles. The van der Waals surface area contributed by atoms with Gasteiger partial charge in [0.25, 0.3) is 0 Å². The lowest BCUT2D eigenvalue weighted by Gasteiger charge is -2.27. The Labute approximate surface area is 122 Å². The van der Waals surface area contributed by atoms with E-state index in [9.17, 15) is 0 Å². The van der Waals surface area contributed by atoms with E-state index in [4.69, 9.17) is 36.6 Å². The summed E-state index contributed by atoms with van der Waals surface area (Å²) in [5.41, 5.74) is -0.452. The van der Waals surface area contributed by atoms with Crippen molar-refractivity contribution < 1.29 is 28.8 Å². The van der Waals surface area contributed by atoms with Crippen LogP contribution < -0.4 is 0 Å². The average molecular weight is 288 g/mol. The van der Waals surface area contributed by atoms with Gasteiger partial charge in [-0.05, 0) is 20.3 Å². The largest absolute Gasteiger partial charge is 0.396 e. The summed E-state index contributed by atoms with van der Waals surface area (Å²) in [6.07, 6.45) is -0.432. The monoisotopic (exact) mass is 288 g/mol. The molecule has 7 heteroatoms. The SMILES string of the molecule is [B]C1OC(COC)C(OC)C1OCOC(C)(C)CCO. The minimum atomic E-state index is -0.579. The first-order valence-corrected chi connectivity index (χ1v) is 6.74. The van der Waals surface area contributed by atoms with E-state index < -0.39 is 17.7 Å². The third kappa shape index (κ3) is 4.98. The van der Waals surface area contributed by atoms with Crippen LogP contribution in [0.25, 0.3) is 0 Å². The summed E-state index contributed by atoms with van der Waals surface area (Å²) in [6.45, 7) is 4.30. The van der Waals surface area contributed by atoms with Gasteiger partial charge < -0.3 is 28.8 Å². The lowest BCUT2D eigenvalue weighted by atomic mass is 9.93. The van der Waals surface area contributed by atoms with Crippen LogP contribution in [-0.2, 0) is 23.7 Å². The minimum absolute atomic E-state index is 0.0638. The van der Waals surface area contributed by atoms with Gasteiger partial charge in [0, 0.05) is 26.8 Å². The molecule has 1 fully saturated rings. The number of ether oxygens (including phenoxy) is 5. The molecule has 1 aliphatic rings. The molecule has 0 bridgehead atoms. The van der Waals surface area contributed by atoms with Gasteiger partial charge in [-0.25, -0.2) is 0 Å². The Hall–Kier alpha value is -0.175. The number of aliphatic hydroxyl groups excluding tert-OH is 1. The van der Waals surface area contributed by atoms with Gasteiger partial charge in [0.15, 0.2) is 0 Å². The smallest absolute Gasteiger partial charge is 0.148 e. The van der Waals surface area contributed by atoms with Crippen LogP contribution in [-0.4, -0.2) is 77.1 Å². The van der Waals surface area contributed by atoms with Gasteiger partial charge in [-0.2, -0.15) is 0 Å². The fourth-order valence-corrected chi connectivity index (χ4v) is 2.14. The zero-order valence-corrected chi connectivity index (χ0v) is 12.7. The highest BCUT2D eigenvalue weighted by atomic mass is 16.7. The fraction of sp³-hybridized carbons (Fsp3) is 1.00. The molecule has 0 amide bonds. The molecule has 2 radical (unpaired) electrons. The summed E-state index contributed by atoms with van der Waals surface area (Å²) in [7, 11) is 9.07. The van der Waals surface area contributed by atoms with E-state index in [1.54, 1.807) is 14.2 Å². The summed E-state index contributed by atoms with van der Waals surface area (Å²) in [5, 5.41) is 8.93. The second kappa shape index (κ2) is 8.31. The van der Waals surface area contributed by atoms with Crippen molar-refractivity contribution in [2.75, 3.05) is 34.2 Å². The fourth-order valence-electron chi connectivity index (χ4n) is 2.14. The highest BCUT2D eigenvalue weighted by Crippen LogP contribution is 2.25. The first-order chi connectivity index (χ1) is 9.45. The molecule has 1 rings (SSSR count). The van der Waals surface area contributed by atoms with E-state index in [-0.39, 0.29) is 25.6 Å². The Morgan fingerprint density at radius 3 is 2.50 bits per heavy atom. The van der Waals surface area contributed by atoms with E-state index in [1.165, 1.54) is 0 Å². The van der Waals surface area contributed by atoms with Gasteiger partial charge in [-0.3, -0.25) is 0 Å². The second-order valence-corrected chi connectivity index (χ2v) is 5.42. The standard InChI is InChI=1S/C13H25BO6/c1-13(2,5-6-15)19-8-18-11-10(17-4)9(7-16-3)20-12(11)14/h9-12,15H,5-8H2,1-4H3. The molecule has 4 unspecified atom stereocenters. The van der Waals surface area contributed by atoms with E-state index in [0.717, 1.165) is 0 Å². The van der Waals surface area contributed by atoms with Gasteiger partial charge >= 0.3 is 0 Å². The molecule has 1 saturated heterocycles. The van der Waals surface area contributed by atoms with E-state index in [1.807, 2.05) is 13.8 Å². The molecule has 116 valence electrons. The van der Waals surface area contributed by atoms with Crippen molar-refractivity contribution in [3.8, 4) is 0 Å². The number of hydrogen-bond donors (Lipinski definition) is 1. The molecule has 4 atom stereocenters. The van der Waals surface area contributed by atoms with Crippen molar-refractivity contribution in [2.24, 2.45) is 0 Å². The zero-order chi connectivity index (χ0) is 15.2. The maximum absolute atomic E-state index is 8.93. The molecule has 1 N–H and O–H groups in total. The van der Waals surface area contributed by atoms with Crippen LogP contribution in [0.15, 0.2) is 0 Å². The maximum atomic E-state index is 8.93. The predicted octanol–water partition coefficient (Wildman–Crippen LogP) is 0.0615. The molecular formula is C13H25BO6. The molecule has 20 heavy (non-hydrogen) atoms. The highest BCUT2D eigenvalue weighted by molar-refractivity contribution is 6.11. The molecular weight excluding hydrogens is 263 g/mol. The summed E-state index contributed by atoms with van der Waals surface area (Å²) < 4.78 is 27.2. The molecule has 0 saturated carbocycles. The number of rotatable bonds is 9. The van der Waals surface area contributed by atoms with Crippen LogP contribution in [0.5, 0.6) is 0 Å². The molecule has 1 heterocycles. The van der Waals surface area contributed by atoms with Gasteiger partial charge in [0.2, 0.25) is 0 Å². The highest BCUT2D eigenvalue weighted by Gasteiger charge is 2.43. The molecule has 0 aromatic heterocycles. The summed E-state index contributed by atoms with van der Waals surface area (Å²) >= 11 is 0. The van der Waals surface area contributed by atoms with E-state index in [2.05, 4.69) is 0 Å². The average Bonchev–Trinajstić information content (AvgIpc) is 2.65. The van der Waals surface area contributed by atoms with Gasteiger partial charge in [-0.1, -0.05) is 0 Å². The molecule has 0 aromatic carbocycles. The number of hydrogen-bond acceptors (Lipinski definition) is 6. The molecule has 0 aromatic rings. The first-order valence-electron chi connectivity index (χ1n) is 6.74. The molecule has 0 spiro atoms. The maximum Gasteiger partial charge on any atom is 0.148 e. The number of methoxy groups -OCH3 is 2. The van der Waals surface area contributed by atoms with Crippen LogP contribution >= 0.6 is 0 Å². The van der Waals surface area contributed by atoms with Crippen LogP contribution in [0.1, 0.15) is 20.3 Å². The Morgan fingerprint density at radius 2 is 1.95 bits per heavy atom. The lowest BCUT2D eigenvalue weighted by Crippen LogP contribution is -2.39. The summed E-state index contributed by atoms with van der Waals surface area (Å²) in [6, 6.07) is -0.579. The van der Waals surface area contributed by atoms with Crippen molar-refractivity contribution in [1.82, 2.24) is 0 Å². The van der Waals surface area contributed by atoms with Gasteiger partial charge in [0.05, 0.1) is 12.2 Å². The third-order valence-corrected chi connectivity index (χ3v) is 3.37. The lowest BCUT2D eigenvalue weighted by molar-refractivity contribution is -0.171. The third-order valence-electron chi connectivity index (χ3n) is 3.37. The Bertz CT molecular complexity index is 276. The van der Waals surface area contributed by atoms with Crippen LogP contribution in [0.3, 0.4) is 0 Å². The van der Waals surface area contributed by atoms with Crippen molar-refractivity contribution in [3.63, 3.8) is 0 Å². The van der Waals surface area contributed by atoms with Gasteiger partial charge in [-0.15, -0.1) is 0 Å². The topological polar surface area (TPSA) is 66.4 Å². The van der Waals surface area contributed by atoms with Crippen molar-refractivity contribution >= 4 is 7.85 Å². The molecule has 1 aliphatic heterocycles. The first kappa shape index (κ1) is 17.9. The van der Waals surface area contributed by atoms with E-state index in [0.29, 0.717) is 13.0 Å². The summed E-state index contributed by atoms with van der Waals surface area (Å²) in [5.74, 6) is 0. The number of aliphatic hydroxyl groups is 1. The Kier molecular flexibility index (Phi) is 7.43.